The highest BCUT2D eigenvalue weighted by molar-refractivity contribution is 7.13. The minimum absolute atomic E-state index is 0.0239. The van der Waals surface area contributed by atoms with Gasteiger partial charge in [-0.1, -0.05) is 18.2 Å². The van der Waals surface area contributed by atoms with Crippen LogP contribution in [0.15, 0.2) is 54.0 Å². The van der Waals surface area contributed by atoms with Crippen molar-refractivity contribution >= 4 is 22.2 Å². The first kappa shape index (κ1) is 12.9. The third kappa shape index (κ3) is 2.03. The maximum absolute atomic E-state index is 9.95. The molecular formula is C17H12N2O2S. The average molecular weight is 308 g/mol. The standard InChI is InChI=1S/C17H12N2O2S/c20-10-5-6-12(16(21)7-10)15-9-22-17(19-15)13-8-18-14-4-2-1-3-11(13)14/h1-9,18,20-21H. The molecule has 0 aliphatic carbocycles. The minimum atomic E-state index is 0.0239. The summed E-state index contributed by atoms with van der Waals surface area (Å²) in [6.07, 6.45) is 1.95. The van der Waals surface area contributed by atoms with Gasteiger partial charge in [0.05, 0.1) is 5.69 Å². The first-order valence-corrected chi connectivity index (χ1v) is 7.65. The van der Waals surface area contributed by atoms with Gasteiger partial charge >= 0.3 is 0 Å². The number of hydrogen-bond donors (Lipinski definition) is 3. The van der Waals surface area contributed by atoms with E-state index in [4.69, 9.17) is 0 Å². The van der Waals surface area contributed by atoms with E-state index in [0.717, 1.165) is 21.5 Å². The van der Waals surface area contributed by atoms with Crippen LogP contribution in [0.4, 0.5) is 0 Å². The number of rotatable bonds is 2. The van der Waals surface area contributed by atoms with Gasteiger partial charge in [-0.25, -0.2) is 4.98 Å². The lowest BCUT2D eigenvalue weighted by atomic mass is 10.1. The highest BCUT2D eigenvalue weighted by atomic mass is 32.1. The molecule has 4 nitrogen and oxygen atoms in total. The van der Waals surface area contributed by atoms with Crippen LogP contribution in [0.5, 0.6) is 11.5 Å². The van der Waals surface area contributed by atoms with Crippen molar-refractivity contribution in [2.45, 2.75) is 0 Å². The Morgan fingerprint density at radius 3 is 2.73 bits per heavy atom. The first-order valence-electron chi connectivity index (χ1n) is 6.77. The van der Waals surface area contributed by atoms with Crippen LogP contribution in [0.2, 0.25) is 0 Å². The number of fused-ring (bicyclic) bond motifs is 1. The molecule has 0 unspecified atom stereocenters. The summed E-state index contributed by atoms with van der Waals surface area (Å²) in [4.78, 5) is 7.86. The fraction of sp³-hybridized carbons (Fsp3) is 0. The Kier molecular flexibility index (Phi) is 2.87. The summed E-state index contributed by atoms with van der Waals surface area (Å²) < 4.78 is 0. The third-order valence-electron chi connectivity index (χ3n) is 3.58. The van der Waals surface area contributed by atoms with Gasteiger partial charge in [-0.2, -0.15) is 0 Å². The van der Waals surface area contributed by atoms with Crippen LogP contribution < -0.4 is 0 Å². The molecule has 2 aromatic heterocycles. The summed E-state index contributed by atoms with van der Waals surface area (Å²) in [7, 11) is 0. The van der Waals surface area contributed by atoms with Crippen molar-refractivity contribution in [3.05, 3.63) is 54.0 Å². The van der Waals surface area contributed by atoms with E-state index in [-0.39, 0.29) is 11.5 Å². The molecule has 0 bridgehead atoms. The molecule has 0 atom stereocenters. The number of phenolic OH excluding ortho intramolecular Hbond substituents is 2. The third-order valence-corrected chi connectivity index (χ3v) is 4.46. The van der Waals surface area contributed by atoms with Crippen molar-refractivity contribution in [2.75, 3.05) is 0 Å². The normalized spacial score (nSPS) is 11.1. The largest absolute Gasteiger partial charge is 0.508 e. The quantitative estimate of drug-likeness (QED) is 0.515. The van der Waals surface area contributed by atoms with Crippen LogP contribution in [0.25, 0.3) is 32.7 Å². The number of aromatic nitrogens is 2. The van der Waals surface area contributed by atoms with Crippen LogP contribution in [0.1, 0.15) is 0 Å². The van der Waals surface area contributed by atoms with E-state index in [9.17, 15) is 10.2 Å². The van der Waals surface area contributed by atoms with Gasteiger partial charge < -0.3 is 15.2 Å². The molecule has 3 N–H and O–H groups in total. The first-order chi connectivity index (χ1) is 10.7. The van der Waals surface area contributed by atoms with Crippen molar-refractivity contribution in [3.8, 4) is 33.3 Å². The monoisotopic (exact) mass is 308 g/mol. The summed E-state index contributed by atoms with van der Waals surface area (Å²) in [6, 6.07) is 12.6. The molecule has 0 fully saturated rings. The molecule has 108 valence electrons. The molecule has 5 heteroatoms. The number of H-pyrrole nitrogens is 1. The molecule has 2 aromatic carbocycles. The number of aromatic hydroxyl groups is 2. The highest BCUT2D eigenvalue weighted by Gasteiger charge is 2.13. The predicted molar refractivity (Wildman–Crippen MR) is 88.2 cm³/mol. The number of nitrogens with one attached hydrogen (secondary N) is 1. The molecule has 0 amide bonds. The molecule has 0 saturated carbocycles. The van der Waals surface area contributed by atoms with Crippen molar-refractivity contribution in [2.24, 2.45) is 0 Å². The van der Waals surface area contributed by atoms with Crippen LogP contribution in [-0.4, -0.2) is 20.2 Å². The highest BCUT2D eigenvalue weighted by Crippen LogP contribution is 2.37. The van der Waals surface area contributed by atoms with Crippen molar-refractivity contribution in [3.63, 3.8) is 0 Å². The van der Waals surface area contributed by atoms with Gasteiger partial charge in [0.25, 0.3) is 0 Å². The number of nitrogens with zero attached hydrogens (tertiary/aromatic N) is 1. The molecule has 0 aliphatic rings. The molecule has 22 heavy (non-hydrogen) atoms. The number of benzene rings is 2. The van der Waals surface area contributed by atoms with E-state index in [1.165, 1.54) is 17.4 Å². The van der Waals surface area contributed by atoms with Crippen LogP contribution in [-0.2, 0) is 0 Å². The fourth-order valence-corrected chi connectivity index (χ4v) is 3.36. The molecule has 0 radical (unpaired) electrons. The van der Waals surface area contributed by atoms with Gasteiger partial charge in [-0.3, -0.25) is 0 Å². The van der Waals surface area contributed by atoms with Gasteiger partial charge in [0.15, 0.2) is 0 Å². The van der Waals surface area contributed by atoms with Crippen LogP contribution in [0.3, 0.4) is 0 Å². The lowest BCUT2D eigenvalue weighted by Gasteiger charge is -2.01. The van der Waals surface area contributed by atoms with Crippen molar-refractivity contribution in [1.29, 1.82) is 0 Å². The number of hydrogen-bond acceptors (Lipinski definition) is 4. The second kappa shape index (κ2) is 4.89. The van der Waals surface area contributed by atoms with E-state index in [0.29, 0.717) is 11.3 Å². The summed E-state index contributed by atoms with van der Waals surface area (Å²) in [5.41, 5.74) is 3.43. The zero-order chi connectivity index (χ0) is 15.1. The predicted octanol–water partition coefficient (Wildman–Crippen LogP) is 4.37. The maximum atomic E-state index is 9.95. The van der Waals surface area contributed by atoms with E-state index in [1.807, 2.05) is 29.8 Å². The fourth-order valence-electron chi connectivity index (χ4n) is 2.51. The lowest BCUT2D eigenvalue weighted by molar-refractivity contribution is 0.452. The SMILES string of the molecule is Oc1ccc(-c2csc(-c3c[nH]c4ccccc34)n2)c(O)c1. The van der Waals surface area contributed by atoms with Gasteiger partial charge in [0.2, 0.25) is 0 Å². The Balaban J connectivity index is 1.81. The lowest BCUT2D eigenvalue weighted by Crippen LogP contribution is -1.80. The van der Waals surface area contributed by atoms with E-state index in [1.54, 1.807) is 12.1 Å². The number of phenols is 2. The molecule has 2 heterocycles. The summed E-state index contributed by atoms with van der Waals surface area (Å²) in [5.74, 6) is 0.0594. The maximum Gasteiger partial charge on any atom is 0.128 e. The van der Waals surface area contributed by atoms with Crippen molar-refractivity contribution in [1.82, 2.24) is 9.97 Å². The zero-order valence-corrected chi connectivity index (χ0v) is 12.3. The second-order valence-corrected chi connectivity index (χ2v) is 5.85. The minimum Gasteiger partial charge on any atom is -0.508 e. The summed E-state index contributed by atoms with van der Waals surface area (Å²) >= 11 is 1.53. The molecule has 4 rings (SSSR count). The summed E-state index contributed by atoms with van der Waals surface area (Å²) in [6.45, 7) is 0. The van der Waals surface area contributed by atoms with Gasteiger partial charge in [0.1, 0.15) is 16.5 Å². The zero-order valence-electron chi connectivity index (χ0n) is 11.4. The smallest absolute Gasteiger partial charge is 0.128 e. The Hall–Kier alpha value is -2.79. The Morgan fingerprint density at radius 1 is 1.00 bits per heavy atom. The van der Waals surface area contributed by atoms with Crippen molar-refractivity contribution < 1.29 is 10.2 Å². The van der Waals surface area contributed by atoms with Gasteiger partial charge in [-0.15, -0.1) is 11.3 Å². The number of thiazole rings is 1. The molecular weight excluding hydrogens is 296 g/mol. The van der Waals surface area contributed by atoms with Gasteiger partial charge in [-0.05, 0) is 18.2 Å². The Morgan fingerprint density at radius 2 is 1.86 bits per heavy atom. The van der Waals surface area contributed by atoms with Crippen LogP contribution >= 0.6 is 11.3 Å². The van der Waals surface area contributed by atoms with E-state index in [2.05, 4.69) is 16.0 Å². The number of para-hydroxylation sites is 1. The average Bonchev–Trinajstić information content (AvgIpc) is 3.13. The topological polar surface area (TPSA) is 69.1 Å². The number of aromatic amines is 1. The van der Waals surface area contributed by atoms with Crippen LogP contribution in [0, 0.1) is 0 Å². The molecule has 4 aromatic rings. The van der Waals surface area contributed by atoms with E-state index >= 15 is 0 Å². The van der Waals surface area contributed by atoms with E-state index < -0.39 is 0 Å². The Bertz CT molecular complexity index is 972. The summed E-state index contributed by atoms with van der Waals surface area (Å²) in [5, 5.41) is 23.2. The molecule has 0 spiro atoms. The Labute approximate surface area is 130 Å². The molecule has 0 saturated heterocycles. The van der Waals surface area contributed by atoms with Gasteiger partial charge in [0, 0.05) is 39.7 Å². The second-order valence-electron chi connectivity index (χ2n) is 4.99. The molecule has 0 aliphatic heterocycles.